The first-order chi connectivity index (χ1) is 16.0. The summed E-state index contributed by atoms with van der Waals surface area (Å²) in [7, 11) is 0. The Morgan fingerprint density at radius 2 is 1.52 bits per heavy atom. The molecule has 0 atom stereocenters. The fraction of sp³-hybridized carbons (Fsp3) is 0.115. The van der Waals surface area contributed by atoms with Gasteiger partial charge in [-0.15, -0.1) is 0 Å². The van der Waals surface area contributed by atoms with Crippen molar-refractivity contribution >= 4 is 17.7 Å². The molecule has 3 aromatic carbocycles. The summed E-state index contributed by atoms with van der Waals surface area (Å²) in [6.07, 6.45) is 0.0483. The summed E-state index contributed by atoms with van der Waals surface area (Å²) in [5.41, 5.74) is 4.86. The number of hydrogen-bond acceptors (Lipinski definition) is 5. The van der Waals surface area contributed by atoms with Gasteiger partial charge in [0.05, 0.1) is 12.2 Å². The third kappa shape index (κ3) is 5.27. The second-order valence-electron chi connectivity index (χ2n) is 7.43. The third-order valence-corrected chi connectivity index (χ3v) is 5.17. The van der Waals surface area contributed by atoms with Gasteiger partial charge in [-0.1, -0.05) is 71.9 Å². The summed E-state index contributed by atoms with van der Waals surface area (Å²) in [5.74, 6) is -0.531. The largest absolute Gasteiger partial charge is 0.478 e. The number of nitrogens with zero attached hydrogens (tertiary/aromatic N) is 1. The summed E-state index contributed by atoms with van der Waals surface area (Å²) < 4.78 is 10.8. The number of hydrogen-bond donors (Lipinski definition) is 2. The molecule has 1 heterocycles. The van der Waals surface area contributed by atoms with Gasteiger partial charge in [-0.2, -0.15) is 0 Å². The number of benzene rings is 3. The van der Waals surface area contributed by atoms with Crippen LogP contribution in [0.15, 0.2) is 83.4 Å². The van der Waals surface area contributed by atoms with Crippen molar-refractivity contribution in [1.29, 1.82) is 0 Å². The predicted octanol–water partition coefficient (Wildman–Crippen LogP) is 5.81. The summed E-state index contributed by atoms with van der Waals surface area (Å²) >= 11 is 0. The molecule has 1 aromatic heterocycles. The summed E-state index contributed by atoms with van der Waals surface area (Å²) in [6.45, 7) is 2.00. The molecule has 0 aliphatic carbocycles. The molecule has 2 N–H and O–H groups in total. The lowest BCUT2D eigenvalue weighted by Crippen LogP contribution is -2.16. The maximum absolute atomic E-state index is 12.3. The van der Waals surface area contributed by atoms with Crippen molar-refractivity contribution in [3.8, 4) is 22.5 Å². The average molecular weight is 442 g/mol. The third-order valence-electron chi connectivity index (χ3n) is 5.17. The summed E-state index contributed by atoms with van der Waals surface area (Å²) in [4.78, 5) is 23.3. The van der Waals surface area contributed by atoms with Crippen LogP contribution in [0, 0.1) is 6.92 Å². The fourth-order valence-electron chi connectivity index (χ4n) is 3.38. The summed E-state index contributed by atoms with van der Waals surface area (Å²) in [5, 5.41) is 15.8. The first kappa shape index (κ1) is 21.8. The zero-order valence-corrected chi connectivity index (χ0v) is 17.9. The highest BCUT2D eigenvalue weighted by molar-refractivity contribution is 5.91. The van der Waals surface area contributed by atoms with Gasteiger partial charge >= 0.3 is 12.1 Å². The van der Waals surface area contributed by atoms with E-state index < -0.39 is 12.1 Å². The standard InChI is InChI=1S/C26H22N2O5/c1-17-23(27-26(31)32-16-15-18-5-3-2-4-6-18)24(33-28-17)21-11-7-19(8-12-21)20-9-13-22(14-10-20)25(29)30/h2-14H,15-16H2,1H3,(H,27,31)(H,29,30). The van der Waals surface area contributed by atoms with Crippen molar-refractivity contribution < 1.29 is 24.0 Å². The number of amides is 1. The maximum atomic E-state index is 12.3. The minimum absolute atomic E-state index is 0.235. The van der Waals surface area contributed by atoms with Gasteiger partial charge in [0.2, 0.25) is 0 Å². The van der Waals surface area contributed by atoms with E-state index in [0.717, 1.165) is 22.3 Å². The van der Waals surface area contributed by atoms with E-state index in [0.29, 0.717) is 23.6 Å². The lowest BCUT2D eigenvalue weighted by molar-refractivity contribution is 0.0697. The molecule has 0 unspecified atom stereocenters. The first-order valence-corrected chi connectivity index (χ1v) is 10.4. The number of rotatable bonds is 7. The van der Waals surface area contributed by atoms with Crippen LogP contribution in [0.2, 0.25) is 0 Å². The molecule has 4 rings (SSSR count). The van der Waals surface area contributed by atoms with Crippen LogP contribution in [-0.4, -0.2) is 28.9 Å². The monoisotopic (exact) mass is 442 g/mol. The smallest absolute Gasteiger partial charge is 0.411 e. The SMILES string of the molecule is Cc1noc(-c2ccc(-c3ccc(C(=O)O)cc3)cc2)c1NC(=O)OCCc1ccccc1. The van der Waals surface area contributed by atoms with E-state index in [1.165, 1.54) is 0 Å². The number of carbonyl (C=O) groups excluding carboxylic acids is 1. The fourth-order valence-corrected chi connectivity index (χ4v) is 3.38. The molecule has 0 aliphatic rings. The number of carbonyl (C=O) groups is 2. The Morgan fingerprint density at radius 1 is 0.909 bits per heavy atom. The molecule has 0 bridgehead atoms. The highest BCUT2D eigenvalue weighted by Crippen LogP contribution is 2.32. The van der Waals surface area contributed by atoms with Gasteiger partial charge in [-0.25, -0.2) is 9.59 Å². The maximum Gasteiger partial charge on any atom is 0.411 e. The molecule has 4 aromatic rings. The highest BCUT2D eigenvalue weighted by atomic mass is 16.5. The molecule has 7 heteroatoms. The van der Waals surface area contributed by atoms with Crippen LogP contribution in [0.25, 0.3) is 22.5 Å². The Bertz CT molecular complexity index is 1250. The Morgan fingerprint density at radius 3 is 2.15 bits per heavy atom. The molecule has 0 radical (unpaired) electrons. The zero-order valence-electron chi connectivity index (χ0n) is 17.9. The number of anilines is 1. The summed E-state index contributed by atoms with van der Waals surface area (Å²) in [6, 6.07) is 23.9. The average Bonchev–Trinajstić information content (AvgIpc) is 3.20. The minimum atomic E-state index is -0.962. The van der Waals surface area contributed by atoms with E-state index in [1.54, 1.807) is 31.2 Å². The topological polar surface area (TPSA) is 102 Å². The van der Waals surface area contributed by atoms with E-state index >= 15 is 0 Å². The van der Waals surface area contributed by atoms with Crippen molar-refractivity contribution in [2.24, 2.45) is 0 Å². The van der Waals surface area contributed by atoms with Gasteiger partial charge < -0.3 is 14.4 Å². The second-order valence-corrected chi connectivity index (χ2v) is 7.43. The minimum Gasteiger partial charge on any atom is -0.478 e. The van der Waals surface area contributed by atoms with Crippen LogP contribution in [-0.2, 0) is 11.2 Å². The van der Waals surface area contributed by atoms with Gasteiger partial charge in [0, 0.05) is 12.0 Å². The van der Waals surface area contributed by atoms with E-state index in [4.69, 9.17) is 14.4 Å². The normalized spacial score (nSPS) is 10.6. The van der Waals surface area contributed by atoms with Crippen molar-refractivity contribution in [1.82, 2.24) is 5.16 Å². The van der Waals surface area contributed by atoms with Crippen LogP contribution < -0.4 is 5.32 Å². The van der Waals surface area contributed by atoms with E-state index in [9.17, 15) is 9.59 Å². The molecule has 0 saturated carbocycles. The van der Waals surface area contributed by atoms with Crippen molar-refractivity contribution in [3.05, 3.63) is 95.7 Å². The number of aromatic carboxylic acids is 1. The second kappa shape index (κ2) is 9.82. The predicted molar refractivity (Wildman–Crippen MR) is 124 cm³/mol. The molecule has 166 valence electrons. The van der Waals surface area contributed by atoms with E-state index in [1.807, 2.05) is 54.6 Å². The lowest BCUT2D eigenvalue weighted by atomic mass is 10.0. The molecule has 0 aliphatic heterocycles. The van der Waals surface area contributed by atoms with E-state index in [-0.39, 0.29) is 12.2 Å². The van der Waals surface area contributed by atoms with Crippen LogP contribution in [0.3, 0.4) is 0 Å². The number of carboxylic acids is 1. The van der Waals surface area contributed by atoms with Crippen LogP contribution >= 0.6 is 0 Å². The molecule has 0 saturated heterocycles. The van der Waals surface area contributed by atoms with Crippen molar-refractivity contribution in [2.45, 2.75) is 13.3 Å². The molecule has 0 spiro atoms. The molecule has 0 fully saturated rings. The molecular weight excluding hydrogens is 420 g/mol. The molecule has 1 amide bonds. The first-order valence-electron chi connectivity index (χ1n) is 10.4. The number of nitrogens with one attached hydrogen (secondary N) is 1. The van der Waals surface area contributed by atoms with Gasteiger partial charge in [0.25, 0.3) is 0 Å². The van der Waals surface area contributed by atoms with Crippen LogP contribution in [0.1, 0.15) is 21.6 Å². The van der Waals surface area contributed by atoms with Crippen molar-refractivity contribution in [3.63, 3.8) is 0 Å². The Kier molecular flexibility index (Phi) is 6.50. The zero-order chi connectivity index (χ0) is 23.2. The van der Waals surface area contributed by atoms with E-state index in [2.05, 4.69) is 10.5 Å². The Hall–Kier alpha value is -4.39. The quantitative estimate of drug-likeness (QED) is 0.375. The molecular formula is C26H22N2O5. The van der Waals surface area contributed by atoms with Gasteiger partial charge in [-0.05, 0) is 35.7 Å². The Balaban J connectivity index is 1.43. The molecule has 33 heavy (non-hydrogen) atoms. The van der Waals surface area contributed by atoms with Gasteiger partial charge in [-0.3, -0.25) is 5.32 Å². The van der Waals surface area contributed by atoms with Gasteiger partial charge in [0.15, 0.2) is 5.76 Å². The van der Waals surface area contributed by atoms with Gasteiger partial charge in [0.1, 0.15) is 11.4 Å². The highest BCUT2D eigenvalue weighted by Gasteiger charge is 2.18. The number of aryl methyl sites for hydroxylation is 1. The lowest BCUT2D eigenvalue weighted by Gasteiger charge is -2.08. The van der Waals surface area contributed by atoms with Crippen LogP contribution in [0.4, 0.5) is 10.5 Å². The Labute approximate surface area is 190 Å². The molecule has 7 nitrogen and oxygen atoms in total. The van der Waals surface area contributed by atoms with Crippen molar-refractivity contribution in [2.75, 3.05) is 11.9 Å². The number of ether oxygens (including phenoxy) is 1. The van der Waals surface area contributed by atoms with Crippen LogP contribution in [0.5, 0.6) is 0 Å². The number of aromatic nitrogens is 1. The number of carboxylic acid groups (broad SMARTS) is 1.